The molecule has 3 atom stereocenters. The molecule has 0 amide bonds. The lowest BCUT2D eigenvalue weighted by atomic mass is 9.72. The van der Waals surface area contributed by atoms with Crippen molar-refractivity contribution in [1.82, 2.24) is 14.5 Å². The number of aryl methyl sites for hydroxylation is 1. The first-order valence-corrected chi connectivity index (χ1v) is 10.6. The minimum absolute atomic E-state index is 0.201. The zero-order valence-corrected chi connectivity index (χ0v) is 17.7. The van der Waals surface area contributed by atoms with Crippen LogP contribution in [0.15, 0.2) is 47.3 Å². The lowest BCUT2D eigenvalue weighted by Gasteiger charge is -2.45. The van der Waals surface area contributed by atoms with Crippen LogP contribution in [0.4, 0.5) is 0 Å². The molecule has 1 fully saturated rings. The number of likely N-dealkylation sites (tertiary alicyclic amines) is 1. The van der Waals surface area contributed by atoms with Crippen LogP contribution in [-0.2, 0) is 18.1 Å². The number of fused-ring (bicyclic) bond motifs is 2. The summed E-state index contributed by atoms with van der Waals surface area (Å²) in [4.78, 5) is 18.8. The molecule has 3 heterocycles. The number of benzene rings is 1. The molecule has 2 aliphatic rings. The zero-order chi connectivity index (χ0) is 22.6. The van der Waals surface area contributed by atoms with Crippen LogP contribution in [0, 0.1) is 5.92 Å². The van der Waals surface area contributed by atoms with E-state index in [0.717, 1.165) is 40.3 Å². The number of nitrogens with zero attached hydrogens (tertiary/aromatic N) is 3. The van der Waals surface area contributed by atoms with Gasteiger partial charge in [-0.2, -0.15) is 0 Å². The molecule has 3 aromatic rings. The summed E-state index contributed by atoms with van der Waals surface area (Å²) in [6.07, 6.45) is 6.68. The minimum Gasteiger partial charge on any atom is -0.462 e. The predicted molar refractivity (Wildman–Crippen MR) is 116 cm³/mol. The molecule has 2 aromatic heterocycles. The third-order valence-corrected chi connectivity index (χ3v) is 6.76. The Morgan fingerprint density at radius 1 is 1.41 bits per heavy atom. The number of hydrogen-bond acceptors (Lipinski definition) is 4. The summed E-state index contributed by atoms with van der Waals surface area (Å²) < 4.78 is 31.6. The molecule has 150 valence electrons. The first-order chi connectivity index (χ1) is 15.2. The monoisotopic (exact) mass is 457 g/mol. The smallest absolute Gasteiger partial charge is 0.339 e. The van der Waals surface area contributed by atoms with Gasteiger partial charge in [-0.3, -0.25) is 4.98 Å². The van der Waals surface area contributed by atoms with Crippen molar-refractivity contribution in [3.05, 3.63) is 64.0 Å². The molecule has 0 N–H and O–H groups in total. The van der Waals surface area contributed by atoms with E-state index in [1.165, 1.54) is 16.3 Å². The van der Waals surface area contributed by atoms with E-state index < -0.39 is 6.98 Å². The van der Waals surface area contributed by atoms with Crippen molar-refractivity contribution in [2.75, 3.05) is 20.2 Å². The fourth-order valence-corrected chi connectivity index (χ4v) is 5.45. The summed E-state index contributed by atoms with van der Waals surface area (Å²) in [5, 5.41) is 1.08. The molecule has 1 aliphatic heterocycles. The van der Waals surface area contributed by atoms with Crippen LogP contribution in [0.5, 0.6) is 0 Å². The highest BCUT2D eigenvalue weighted by molar-refractivity contribution is 9.10. The fraction of sp³-hybridized carbons (Fsp3) is 0.391. The van der Waals surface area contributed by atoms with Gasteiger partial charge in [0, 0.05) is 69.5 Å². The van der Waals surface area contributed by atoms with E-state index in [0.29, 0.717) is 18.2 Å². The number of piperidine rings is 1. The van der Waals surface area contributed by atoms with Crippen LogP contribution in [0.1, 0.15) is 37.9 Å². The van der Waals surface area contributed by atoms with Crippen LogP contribution >= 0.6 is 15.9 Å². The third-order valence-electron chi connectivity index (χ3n) is 6.32. The second-order valence-corrected chi connectivity index (χ2v) is 9.09. The number of likely N-dealkylation sites (N-methyl/N-ethyl adjacent to an activating group) is 1. The molecular formula is C23H24BrN3O2. The van der Waals surface area contributed by atoms with Crippen LogP contribution in [-0.4, -0.2) is 46.7 Å². The van der Waals surface area contributed by atoms with Crippen molar-refractivity contribution in [3.8, 4) is 0 Å². The van der Waals surface area contributed by atoms with Crippen LogP contribution in [0.25, 0.3) is 10.9 Å². The summed E-state index contributed by atoms with van der Waals surface area (Å²) in [6, 6.07) is 7.99. The molecule has 29 heavy (non-hydrogen) atoms. The van der Waals surface area contributed by atoms with Gasteiger partial charge in [0.05, 0.1) is 12.2 Å². The molecule has 1 saturated heterocycles. The standard InChI is InChI=1S/C23H24BrN3O2/c1-26-11-14(13-29-23(28)15-7-17(24)10-25-9-15)6-19-18-4-3-5-20-22(18)16(8-21(19)26)12-27(20)2/h3-5,7,9-10,12,14,19,21H,6,8,11,13H2,1-2H3/t14-,19-,21-/m1/s1/i2+1D3. The average molecular weight is 458 g/mol. The lowest BCUT2D eigenvalue weighted by Crippen LogP contribution is -2.48. The summed E-state index contributed by atoms with van der Waals surface area (Å²) in [6.45, 7) is -1.02. The van der Waals surface area contributed by atoms with Gasteiger partial charge in [0.15, 0.2) is 0 Å². The van der Waals surface area contributed by atoms with E-state index in [4.69, 9.17) is 8.85 Å². The Morgan fingerprint density at radius 2 is 2.31 bits per heavy atom. The molecule has 1 aliphatic carbocycles. The number of pyridine rings is 1. The summed E-state index contributed by atoms with van der Waals surface area (Å²) in [5.74, 6) is 0.104. The quantitative estimate of drug-likeness (QED) is 0.437. The Hall–Kier alpha value is -2.18. The third kappa shape index (κ3) is 3.28. The molecule has 1 aromatic carbocycles. The fourth-order valence-electron chi connectivity index (χ4n) is 5.08. The van der Waals surface area contributed by atoms with Gasteiger partial charge >= 0.3 is 5.97 Å². The van der Waals surface area contributed by atoms with E-state index in [2.05, 4.69) is 38.9 Å². The second kappa shape index (κ2) is 7.26. The number of carbonyl (C=O) groups is 1. The normalized spacial score (nSPS) is 25.7. The van der Waals surface area contributed by atoms with Crippen LogP contribution in [0.3, 0.4) is 0 Å². The van der Waals surface area contributed by atoms with Crippen molar-refractivity contribution in [3.63, 3.8) is 0 Å². The number of halogens is 1. The molecule has 6 heteroatoms. The minimum atomic E-state index is -2.20. The van der Waals surface area contributed by atoms with Crippen molar-refractivity contribution in [1.29, 1.82) is 0 Å². The summed E-state index contributed by atoms with van der Waals surface area (Å²) in [7, 11) is 2.11. The van der Waals surface area contributed by atoms with Crippen molar-refractivity contribution in [2.24, 2.45) is 12.9 Å². The van der Waals surface area contributed by atoms with Gasteiger partial charge in [-0.25, -0.2) is 4.79 Å². The summed E-state index contributed by atoms with van der Waals surface area (Å²) in [5.41, 5.74) is 3.51. The number of rotatable bonds is 3. The SMILES string of the molecule is [2H][13C]([2H])([2H])n1cc2c3c(cccc31)[C@H]1C[C@@H](COC(=O)c3cncc(Br)c3)CN(C)[C@@H]1C2. The number of hydrogen-bond donors (Lipinski definition) is 0. The number of ether oxygens (including phenoxy) is 1. The van der Waals surface area contributed by atoms with Crippen molar-refractivity contribution in [2.45, 2.75) is 24.8 Å². The van der Waals surface area contributed by atoms with E-state index >= 15 is 0 Å². The highest BCUT2D eigenvalue weighted by atomic mass is 79.9. The zero-order valence-electron chi connectivity index (χ0n) is 19.1. The van der Waals surface area contributed by atoms with Gasteiger partial charge in [-0.1, -0.05) is 12.1 Å². The van der Waals surface area contributed by atoms with Gasteiger partial charge in [0.1, 0.15) is 0 Å². The average Bonchev–Trinajstić information content (AvgIpc) is 3.13. The van der Waals surface area contributed by atoms with Gasteiger partial charge in [0.2, 0.25) is 0 Å². The highest BCUT2D eigenvalue weighted by Crippen LogP contribution is 2.44. The first-order valence-electron chi connectivity index (χ1n) is 11.3. The number of carbonyl (C=O) groups excluding carboxylic acids is 1. The highest BCUT2D eigenvalue weighted by Gasteiger charge is 2.39. The Kier molecular flexibility index (Phi) is 3.91. The maximum absolute atomic E-state index is 12.5. The van der Waals surface area contributed by atoms with E-state index in [9.17, 15) is 4.79 Å². The van der Waals surface area contributed by atoms with E-state index in [1.807, 2.05) is 18.3 Å². The lowest BCUT2D eigenvalue weighted by molar-refractivity contribution is 0.0276. The molecule has 0 saturated carbocycles. The maximum Gasteiger partial charge on any atom is 0.339 e. The number of aromatic nitrogens is 2. The van der Waals surface area contributed by atoms with Gasteiger partial charge in [-0.05, 0) is 59.1 Å². The van der Waals surface area contributed by atoms with E-state index in [1.54, 1.807) is 12.3 Å². The first kappa shape index (κ1) is 15.6. The molecule has 5 rings (SSSR count). The van der Waals surface area contributed by atoms with Crippen LogP contribution < -0.4 is 0 Å². The Labute approximate surface area is 183 Å². The number of esters is 1. The molecule has 5 nitrogen and oxygen atoms in total. The molecule has 0 bridgehead atoms. The topological polar surface area (TPSA) is 47.4 Å². The van der Waals surface area contributed by atoms with E-state index in [-0.39, 0.29) is 17.8 Å². The molecule has 0 unspecified atom stereocenters. The van der Waals surface area contributed by atoms with Gasteiger partial charge in [0.25, 0.3) is 0 Å². The molecule has 0 spiro atoms. The summed E-state index contributed by atoms with van der Waals surface area (Å²) >= 11 is 3.33. The predicted octanol–water partition coefficient (Wildman–Crippen LogP) is 4.15. The maximum atomic E-state index is 12.5. The second-order valence-electron chi connectivity index (χ2n) is 8.18. The Morgan fingerprint density at radius 3 is 3.14 bits per heavy atom. The largest absolute Gasteiger partial charge is 0.462 e. The Balaban J connectivity index is 1.39. The van der Waals surface area contributed by atoms with Crippen molar-refractivity contribution < 1.29 is 13.6 Å². The molecule has 0 radical (unpaired) electrons. The van der Waals surface area contributed by atoms with Gasteiger partial charge < -0.3 is 14.2 Å². The van der Waals surface area contributed by atoms with Crippen LogP contribution in [0.2, 0.25) is 0 Å². The Bertz CT molecular complexity index is 1190. The van der Waals surface area contributed by atoms with Crippen molar-refractivity contribution >= 4 is 32.8 Å². The van der Waals surface area contributed by atoms with Gasteiger partial charge in [-0.15, -0.1) is 0 Å². The molecular weight excluding hydrogens is 431 g/mol.